The fourth-order valence-corrected chi connectivity index (χ4v) is 3.23. The van der Waals surface area contributed by atoms with Gasteiger partial charge in [-0.05, 0) is 30.5 Å². The summed E-state index contributed by atoms with van der Waals surface area (Å²) in [5, 5.41) is 3.01. The number of allylic oxidation sites excluding steroid dienone is 1. The van der Waals surface area contributed by atoms with Crippen molar-refractivity contribution in [2.24, 2.45) is 0 Å². The van der Waals surface area contributed by atoms with Crippen molar-refractivity contribution < 1.29 is 4.79 Å². The smallest absolute Gasteiger partial charge is 0.197 e. The van der Waals surface area contributed by atoms with Crippen molar-refractivity contribution in [1.82, 2.24) is 4.98 Å². The van der Waals surface area contributed by atoms with E-state index in [1.807, 2.05) is 30.5 Å². The second kappa shape index (κ2) is 5.39. The number of hydrogen-bond donors (Lipinski definition) is 0. The lowest BCUT2D eigenvalue weighted by atomic mass is 9.98. The van der Waals surface area contributed by atoms with Gasteiger partial charge in [-0.2, -0.15) is 0 Å². The number of aromatic nitrogens is 1. The van der Waals surface area contributed by atoms with Gasteiger partial charge in [-0.15, -0.1) is 22.7 Å². The summed E-state index contributed by atoms with van der Waals surface area (Å²) in [5.41, 5.74) is 0.821. The van der Waals surface area contributed by atoms with Gasteiger partial charge in [-0.25, -0.2) is 4.98 Å². The maximum absolute atomic E-state index is 12.2. The van der Waals surface area contributed by atoms with Crippen molar-refractivity contribution in [2.45, 2.75) is 33.1 Å². The van der Waals surface area contributed by atoms with E-state index < -0.39 is 0 Å². The molecule has 0 aliphatic heterocycles. The molecule has 0 unspecified atom stereocenters. The zero-order valence-electron chi connectivity index (χ0n) is 11.6. The molecule has 19 heavy (non-hydrogen) atoms. The number of nitrogens with zero attached hydrogens (tertiary/aromatic N) is 1. The molecular formula is C15H17NOS2. The third kappa shape index (κ3) is 3.39. The van der Waals surface area contributed by atoms with Crippen LogP contribution in [0, 0.1) is 6.92 Å². The zero-order valence-corrected chi connectivity index (χ0v) is 13.2. The standard InChI is InChI=1S/C15H17NOS2/c1-10-13(19-14(16-10)15(2,3)4)12(17)8-7-11-6-5-9-18-11/h5-9H,1-4H3. The van der Waals surface area contributed by atoms with Crippen molar-refractivity contribution in [1.29, 1.82) is 0 Å². The highest BCUT2D eigenvalue weighted by Gasteiger charge is 2.22. The molecule has 2 heterocycles. The van der Waals surface area contributed by atoms with Crippen LogP contribution in [0.1, 0.15) is 46.0 Å². The lowest BCUT2D eigenvalue weighted by Crippen LogP contribution is -2.10. The number of rotatable bonds is 3. The average molecular weight is 291 g/mol. The third-order valence-corrected chi connectivity index (χ3v) is 5.04. The fourth-order valence-electron chi connectivity index (χ4n) is 1.57. The number of aryl methyl sites for hydroxylation is 1. The molecule has 2 aromatic rings. The highest BCUT2D eigenvalue weighted by atomic mass is 32.1. The Kier molecular flexibility index (Phi) is 4.02. The van der Waals surface area contributed by atoms with Crippen LogP contribution in [0.4, 0.5) is 0 Å². The summed E-state index contributed by atoms with van der Waals surface area (Å²) >= 11 is 3.13. The summed E-state index contributed by atoms with van der Waals surface area (Å²) in [6.07, 6.45) is 3.50. The molecule has 100 valence electrons. The number of hydrogen-bond acceptors (Lipinski definition) is 4. The lowest BCUT2D eigenvalue weighted by molar-refractivity contribution is 0.105. The van der Waals surface area contributed by atoms with Crippen molar-refractivity contribution in [2.75, 3.05) is 0 Å². The molecule has 0 aliphatic carbocycles. The van der Waals surface area contributed by atoms with Crippen LogP contribution >= 0.6 is 22.7 Å². The summed E-state index contributed by atoms with van der Waals surface area (Å²) in [6.45, 7) is 8.24. The predicted molar refractivity (Wildman–Crippen MR) is 83.2 cm³/mol. The Hall–Kier alpha value is -1.26. The van der Waals surface area contributed by atoms with Crippen LogP contribution in [0.25, 0.3) is 6.08 Å². The Morgan fingerprint density at radius 1 is 1.37 bits per heavy atom. The molecule has 0 spiro atoms. The lowest BCUT2D eigenvalue weighted by Gasteiger charge is -2.13. The molecule has 0 amide bonds. The summed E-state index contributed by atoms with van der Waals surface area (Å²) in [4.78, 5) is 18.5. The molecule has 4 heteroatoms. The first-order valence-corrected chi connectivity index (χ1v) is 7.81. The highest BCUT2D eigenvalue weighted by Crippen LogP contribution is 2.29. The molecule has 0 saturated carbocycles. The van der Waals surface area contributed by atoms with E-state index in [4.69, 9.17) is 0 Å². The van der Waals surface area contributed by atoms with Gasteiger partial charge in [0, 0.05) is 10.3 Å². The van der Waals surface area contributed by atoms with Crippen molar-refractivity contribution in [3.8, 4) is 0 Å². The topological polar surface area (TPSA) is 30.0 Å². The normalized spacial score (nSPS) is 12.2. The van der Waals surface area contributed by atoms with Gasteiger partial charge >= 0.3 is 0 Å². The van der Waals surface area contributed by atoms with Gasteiger partial charge in [-0.3, -0.25) is 4.79 Å². The van der Waals surface area contributed by atoms with Gasteiger partial charge in [0.15, 0.2) is 5.78 Å². The summed E-state index contributed by atoms with van der Waals surface area (Å²) in [6, 6.07) is 3.97. The molecule has 0 atom stereocenters. The van der Waals surface area contributed by atoms with Gasteiger partial charge in [0.25, 0.3) is 0 Å². The molecule has 0 fully saturated rings. The second-order valence-electron chi connectivity index (χ2n) is 5.40. The maximum Gasteiger partial charge on any atom is 0.197 e. The van der Waals surface area contributed by atoms with Crippen molar-refractivity contribution in [3.63, 3.8) is 0 Å². The van der Waals surface area contributed by atoms with Gasteiger partial charge in [-0.1, -0.05) is 26.8 Å². The Morgan fingerprint density at radius 3 is 2.63 bits per heavy atom. The molecule has 0 saturated heterocycles. The minimum Gasteiger partial charge on any atom is -0.288 e. The Labute approximate surface area is 121 Å². The van der Waals surface area contributed by atoms with E-state index in [0.717, 1.165) is 20.5 Å². The average Bonchev–Trinajstić information content (AvgIpc) is 2.93. The number of ketones is 1. The Balaban J connectivity index is 2.22. The van der Waals surface area contributed by atoms with Crippen LogP contribution in [-0.4, -0.2) is 10.8 Å². The van der Waals surface area contributed by atoms with Gasteiger partial charge < -0.3 is 0 Å². The van der Waals surface area contributed by atoms with Crippen molar-refractivity contribution >= 4 is 34.5 Å². The van der Waals surface area contributed by atoms with E-state index >= 15 is 0 Å². The van der Waals surface area contributed by atoms with Crippen LogP contribution in [0.2, 0.25) is 0 Å². The van der Waals surface area contributed by atoms with Crippen LogP contribution in [-0.2, 0) is 5.41 Å². The molecule has 2 rings (SSSR count). The molecule has 0 bridgehead atoms. The molecule has 0 N–H and O–H groups in total. The largest absolute Gasteiger partial charge is 0.288 e. The first-order chi connectivity index (χ1) is 8.88. The maximum atomic E-state index is 12.2. The van der Waals surface area contributed by atoms with Crippen LogP contribution < -0.4 is 0 Å². The monoisotopic (exact) mass is 291 g/mol. The number of thiazole rings is 1. The van der Waals surface area contributed by atoms with E-state index in [2.05, 4.69) is 25.8 Å². The van der Waals surface area contributed by atoms with E-state index in [9.17, 15) is 4.79 Å². The molecular weight excluding hydrogens is 274 g/mol. The molecule has 0 aromatic carbocycles. The van der Waals surface area contributed by atoms with E-state index in [0.29, 0.717) is 0 Å². The molecule has 2 aromatic heterocycles. The van der Waals surface area contributed by atoms with Crippen molar-refractivity contribution in [3.05, 3.63) is 44.0 Å². The van der Waals surface area contributed by atoms with E-state index in [1.165, 1.54) is 11.3 Å². The van der Waals surface area contributed by atoms with Crippen LogP contribution in [0.3, 0.4) is 0 Å². The second-order valence-corrected chi connectivity index (χ2v) is 7.37. The SMILES string of the molecule is Cc1nc(C(C)(C)C)sc1C(=O)C=Cc1cccs1. The fraction of sp³-hybridized carbons (Fsp3) is 0.333. The first kappa shape index (κ1) is 14.2. The summed E-state index contributed by atoms with van der Waals surface area (Å²) < 4.78 is 0. The third-order valence-electron chi connectivity index (χ3n) is 2.60. The predicted octanol–water partition coefficient (Wildman–Crippen LogP) is 4.71. The minimum absolute atomic E-state index is 0.00851. The van der Waals surface area contributed by atoms with Crippen LogP contribution in [0.15, 0.2) is 23.6 Å². The zero-order chi connectivity index (χ0) is 14.0. The Morgan fingerprint density at radius 2 is 2.11 bits per heavy atom. The number of thiophene rings is 1. The number of carbonyl (C=O) groups is 1. The highest BCUT2D eigenvalue weighted by molar-refractivity contribution is 7.14. The van der Waals surface area contributed by atoms with E-state index in [-0.39, 0.29) is 11.2 Å². The van der Waals surface area contributed by atoms with Gasteiger partial charge in [0.1, 0.15) is 0 Å². The summed E-state index contributed by atoms with van der Waals surface area (Å²) in [5.74, 6) is 0.0406. The quantitative estimate of drug-likeness (QED) is 0.605. The molecule has 2 nitrogen and oxygen atoms in total. The van der Waals surface area contributed by atoms with E-state index in [1.54, 1.807) is 17.4 Å². The molecule has 0 radical (unpaired) electrons. The van der Waals surface area contributed by atoms with Crippen LogP contribution in [0.5, 0.6) is 0 Å². The first-order valence-electron chi connectivity index (χ1n) is 6.12. The molecule has 0 aliphatic rings. The van der Waals surface area contributed by atoms with Gasteiger partial charge in [0.05, 0.1) is 15.6 Å². The van der Waals surface area contributed by atoms with Gasteiger partial charge in [0.2, 0.25) is 0 Å². The Bertz CT molecular complexity index is 601. The minimum atomic E-state index is -0.00851. The number of carbonyl (C=O) groups excluding carboxylic acids is 1. The summed E-state index contributed by atoms with van der Waals surface area (Å²) in [7, 11) is 0.